The van der Waals surface area contributed by atoms with Gasteiger partial charge >= 0.3 is 11.9 Å². The molecule has 3 aromatic rings. The highest BCUT2D eigenvalue weighted by atomic mass is 32.2. The first kappa shape index (κ1) is 21.9. The second-order valence-electron chi connectivity index (χ2n) is 7.63. The average molecular weight is 478 g/mol. The van der Waals surface area contributed by atoms with Crippen molar-refractivity contribution in [1.29, 1.82) is 0 Å². The van der Waals surface area contributed by atoms with Gasteiger partial charge in [0, 0.05) is 5.56 Å². The van der Waals surface area contributed by atoms with E-state index in [1.54, 1.807) is 38.5 Å². The predicted molar refractivity (Wildman–Crippen MR) is 125 cm³/mol. The van der Waals surface area contributed by atoms with Gasteiger partial charge in [-0.15, -0.1) is 11.8 Å². The molecule has 0 saturated heterocycles. The highest BCUT2D eigenvalue weighted by Crippen LogP contribution is 2.30. The lowest BCUT2D eigenvalue weighted by Crippen LogP contribution is -2.54. The van der Waals surface area contributed by atoms with Crippen LogP contribution in [0.2, 0.25) is 0 Å². The summed E-state index contributed by atoms with van der Waals surface area (Å²) in [6.07, 6.45) is 1.79. The largest absolute Gasteiger partial charge is 0.501 e. The molecule has 0 saturated carbocycles. The first-order valence-corrected chi connectivity index (χ1v) is 11.4. The van der Waals surface area contributed by atoms with Crippen LogP contribution in [-0.2, 0) is 17.9 Å². The van der Waals surface area contributed by atoms with Crippen molar-refractivity contribution in [2.75, 3.05) is 14.2 Å². The maximum absolute atomic E-state index is 13.4. The Morgan fingerprint density at radius 3 is 2.65 bits per heavy atom. The van der Waals surface area contributed by atoms with Crippen LogP contribution in [0.3, 0.4) is 0 Å². The van der Waals surface area contributed by atoms with Crippen molar-refractivity contribution >= 4 is 29.4 Å². The molecule has 9 nitrogen and oxygen atoms in total. The number of ether oxygens (including phenoxy) is 2. The Kier molecular flexibility index (Phi) is 5.89. The third-order valence-corrected chi connectivity index (χ3v) is 6.58. The number of hydrogen-bond donors (Lipinski definition) is 0. The molecule has 3 heterocycles. The quantitative estimate of drug-likeness (QED) is 0.477. The van der Waals surface area contributed by atoms with Gasteiger partial charge in [0.1, 0.15) is 23.8 Å². The summed E-state index contributed by atoms with van der Waals surface area (Å²) in [6.45, 7) is 0.209. The van der Waals surface area contributed by atoms with E-state index in [9.17, 15) is 9.59 Å². The third-order valence-electron chi connectivity index (χ3n) is 5.58. The summed E-state index contributed by atoms with van der Waals surface area (Å²) < 4.78 is 17.4. The van der Waals surface area contributed by atoms with Gasteiger partial charge in [0.25, 0.3) is 5.89 Å². The minimum absolute atomic E-state index is 0.0545. The molecule has 1 aromatic heterocycles. The fraction of sp³-hybridized carbons (Fsp3) is 0.208. The summed E-state index contributed by atoms with van der Waals surface area (Å²) in [5, 5.41) is 5.39. The summed E-state index contributed by atoms with van der Waals surface area (Å²) in [5.74, 6) is 1.79. The molecule has 5 rings (SSSR count). The predicted octanol–water partition coefficient (Wildman–Crippen LogP) is 3.50. The van der Waals surface area contributed by atoms with Crippen molar-refractivity contribution in [3.05, 3.63) is 71.5 Å². The molecular weight excluding hydrogens is 456 g/mol. The number of fused-ring (bicyclic) bond motifs is 1. The number of nitrogens with zero attached hydrogens (tertiary/aromatic N) is 4. The van der Waals surface area contributed by atoms with Crippen LogP contribution in [0.25, 0.3) is 11.4 Å². The van der Waals surface area contributed by atoms with E-state index in [-0.39, 0.29) is 24.9 Å². The number of imide groups is 1. The standard InChI is InChI=1S/C24H21N4O5S/c1-31-17-8-6-15(7-9-17)13-28-23(29)21-19(10-11-34-21)27(24(28)30)14-20-25-22(26-33-20)16-4-3-5-18(12-16)32-2/h3-12,21H,13-14H2,1-2H3/q+1. The Bertz CT molecular complexity index is 1310. The van der Waals surface area contributed by atoms with Crippen molar-refractivity contribution in [3.63, 3.8) is 0 Å². The SMILES string of the molecule is COc1ccc(CN2C(=O)C3SC=CC3=[N+](Cc3nc(-c4cccc(OC)c4)no3)C2=O)cc1. The van der Waals surface area contributed by atoms with Crippen LogP contribution in [-0.4, -0.2) is 56.7 Å². The molecule has 0 aliphatic carbocycles. The number of allylic oxidation sites excluding steroid dienone is 1. The van der Waals surface area contributed by atoms with Gasteiger partial charge in [0.05, 0.1) is 14.2 Å². The molecule has 34 heavy (non-hydrogen) atoms. The Balaban J connectivity index is 1.41. The van der Waals surface area contributed by atoms with E-state index in [0.717, 1.165) is 11.1 Å². The van der Waals surface area contributed by atoms with E-state index in [1.807, 2.05) is 35.7 Å². The van der Waals surface area contributed by atoms with Gasteiger partial charge in [0.2, 0.25) is 5.82 Å². The summed E-state index contributed by atoms with van der Waals surface area (Å²) >= 11 is 1.37. The summed E-state index contributed by atoms with van der Waals surface area (Å²) in [5.41, 5.74) is 2.17. The number of amides is 3. The molecule has 10 heteroatoms. The summed E-state index contributed by atoms with van der Waals surface area (Å²) in [4.78, 5) is 32.2. The Hall–Kier alpha value is -3.92. The van der Waals surface area contributed by atoms with E-state index >= 15 is 0 Å². The Labute approximate surface area is 199 Å². The van der Waals surface area contributed by atoms with Gasteiger partial charge < -0.3 is 14.0 Å². The van der Waals surface area contributed by atoms with Crippen LogP contribution in [0.5, 0.6) is 11.5 Å². The lowest BCUT2D eigenvalue weighted by atomic mass is 10.1. The van der Waals surface area contributed by atoms with Gasteiger partial charge in [-0.1, -0.05) is 29.4 Å². The fourth-order valence-corrected chi connectivity index (χ4v) is 4.77. The third kappa shape index (κ3) is 4.08. The van der Waals surface area contributed by atoms with Crippen molar-refractivity contribution in [1.82, 2.24) is 15.0 Å². The van der Waals surface area contributed by atoms with E-state index in [0.29, 0.717) is 23.0 Å². The van der Waals surface area contributed by atoms with Crippen molar-refractivity contribution in [3.8, 4) is 22.9 Å². The zero-order valence-electron chi connectivity index (χ0n) is 18.5. The zero-order chi connectivity index (χ0) is 23.7. The lowest BCUT2D eigenvalue weighted by Gasteiger charge is -2.23. The number of aromatic nitrogens is 2. The second kappa shape index (κ2) is 9.14. The topological polar surface area (TPSA) is 97.8 Å². The van der Waals surface area contributed by atoms with Gasteiger partial charge in [-0.25, -0.2) is 4.79 Å². The molecule has 3 amide bonds. The van der Waals surface area contributed by atoms with E-state index in [2.05, 4.69) is 10.1 Å². The zero-order valence-corrected chi connectivity index (χ0v) is 19.3. The number of hydrogen-bond acceptors (Lipinski definition) is 8. The molecule has 1 unspecified atom stereocenters. The Morgan fingerprint density at radius 1 is 1.09 bits per heavy atom. The lowest BCUT2D eigenvalue weighted by molar-refractivity contribution is -0.458. The van der Waals surface area contributed by atoms with Crippen LogP contribution >= 0.6 is 11.8 Å². The molecule has 2 aromatic carbocycles. The molecule has 0 radical (unpaired) electrons. The molecule has 2 aliphatic heterocycles. The number of urea groups is 1. The number of methoxy groups -OCH3 is 2. The van der Waals surface area contributed by atoms with E-state index < -0.39 is 11.3 Å². The molecule has 0 fully saturated rings. The molecule has 0 bridgehead atoms. The molecule has 0 N–H and O–H groups in total. The van der Waals surface area contributed by atoms with Gasteiger partial charge in [0.15, 0.2) is 11.8 Å². The number of rotatable bonds is 7. The number of thioether (sulfide) groups is 1. The summed E-state index contributed by atoms with van der Waals surface area (Å²) in [7, 11) is 3.17. The fourth-order valence-electron chi connectivity index (χ4n) is 3.80. The molecule has 2 aliphatic rings. The normalized spacial score (nSPS) is 17.4. The Morgan fingerprint density at radius 2 is 1.88 bits per heavy atom. The average Bonchev–Trinajstić information content (AvgIpc) is 3.55. The van der Waals surface area contributed by atoms with Crippen LogP contribution in [0.1, 0.15) is 11.5 Å². The highest BCUT2D eigenvalue weighted by Gasteiger charge is 2.49. The monoisotopic (exact) mass is 477 g/mol. The summed E-state index contributed by atoms with van der Waals surface area (Å²) in [6, 6.07) is 14.1. The smallest absolute Gasteiger partial charge is 0.497 e. The highest BCUT2D eigenvalue weighted by molar-refractivity contribution is 8.04. The molecular formula is C24H21N4O5S+. The van der Waals surface area contributed by atoms with Gasteiger partial charge in [-0.05, 0) is 41.3 Å². The molecule has 172 valence electrons. The number of benzene rings is 2. The van der Waals surface area contributed by atoms with Crippen molar-refractivity contribution in [2.45, 2.75) is 18.3 Å². The second-order valence-corrected chi connectivity index (χ2v) is 8.64. The van der Waals surface area contributed by atoms with Crippen LogP contribution < -0.4 is 9.47 Å². The van der Waals surface area contributed by atoms with Crippen LogP contribution in [0.4, 0.5) is 4.79 Å². The van der Waals surface area contributed by atoms with E-state index in [1.165, 1.54) is 21.2 Å². The molecule has 0 spiro atoms. The number of carbonyl (C=O) groups excluding carboxylic acids is 2. The van der Waals surface area contributed by atoms with Gasteiger partial charge in [-0.2, -0.15) is 19.3 Å². The van der Waals surface area contributed by atoms with Crippen LogP contribution in [0, 0.1) is 0 Å². The first-order chi connectivity index (χ1) is 16.6. The van der Waals surface area contributed by atoms with Crippen LogP contribution in [0.15, 0.2) is 64.5 Å². The first-order valence-electron chi connectivity index (χ1n) is 10.5. The maximum atomic E-state index is 13.4. The minimum Gasteiger partial charge on any atom is -0.497 e. The maximum Gasteiger partial charge on any atom is 0.501 e. The van der Waals surface area contributed by atoms with E-state index in [4.69, 9.17) is 14.0 Å². The van der Waals surface area contributed by atoms with Gasteiger partial charge in [-0.3, -0.25) is 0 Å². The number of carbonyl (C=O) groups is 2. The minimum atomic E-state index is -0.489. The van der Waals surface area contributed by atoms with Crippen molar-refractivity contribution < 1.29 is 28.2 Å². The molecule has 1 atom stereocenters. The van der Waals surface area contributed by atoms with Crippen molar-refractivity contribution in [2.24, 2.45) is 0 Å².